The maximum atomic E-state index is 12.0. The van der Waals surface area contributed by atoms with Crippen LogP contribution in [0, 0.1) is 0 Å². The number of aliphatic hydroxyl groups excluding tert-OH is 1. The van der Waals surface area contributed by atoms with Crippen molar-refractivity contribution in [2.24, 2.45) is 0 Å². The molecule has 1 atom stereocenters. The molecule has 0 radical (unpaired) electrons. The molecule has 134 valence electrons. The van der Waals surface area contributed by atoms with Crippen molar-refractivity contribution < 1.29 is 14.6 Å². The minimum Gasteiger partial charge on any atom is -0.390 e. The SMILES string of the molecule is CCc1nnc(NC(=O)CCN2CCC3(CC2)OCCCC3O)s1. The lowest BCUT2D eigenvalue weighted by atomic mass is 9.82. The van der Waals surface area contributed by atoms with Crippen LogP contribution in [0.3, 0.4) is 0 Å². The van der Waals surface area contributed by atoms with Gasteiger partial charge in [-0.05, 0) is 32.1 Å². The third kappa shape index (κ3) is 4.11. The average molecular weight is 354 g/mol. The fourth-order valence-electron chi connectivity index (χ4n) is 3.43. The van der Waals surface area contributed by atoms with Gasteiger partial charge in [-0.15, -0.1) is 10.2 Å². The average Bonchev–Trinajstić information content (AvgIpc) is 3.05. The number of anilines is 1. The molecule has 0 aromatic carbocycles. The number of carbonyl (C=O) groups excluding carboxylic acids is 1. The molecule has 1 unspecified atom stereocenters. The largest absolute Gasteiger partial charge is 0.390 e. The lowest BCUT2D eigenvalue weighted by molar-refractivity contribution is -0.176. The van der Waals surface area contributed by atoms with Crippen LogP contribution in [0.25, 0.3) is 0 Å². The molecule has 24 heavy (non-hydrogen) atoms. The highest BCUT2D eigenvalue weighted by Gasteiger charge is 2.43. The molecule has 1 spiro atoms. The summed E-state index contributed by atoms with van der Waals surface area (Å²) in [5.74, 6) is -0.0250. The van der Waals surface area contributed by atoms with E-state index in [1.807, 2.05) is 6.92 Å². The first-order valence-corrected chi connectivity index (χ1v) is 9.59. The van der Waals surface area contributed by atoms with E-state index in [-0.39, 0.29) is 17.6 Å². The molecule has 0 bridgehead atoms. The smallest absolute Gasteiger partial charge is 0.227 e. The molecule has 2 N–H and O–H groups in total. The van der Waals surface area contributed by atoms with Crippen LogP contribution >= 0.6 is 11.3 Å². The van der Waals surface area contributed by atoms with E-state index in [9.17, 15) is 9.90 Å². The van der Waals surface area contributed by atoms with Gasteiger partial charge in [-0.3, -0.25) is 4.79 Å². The molecule has 2 saturated heterocycles. The number of hydrogen-bond acceptors (Lipinski definition) is 7. The summed E-state index contributed by atoms with van der Waals surface area (Å²) in [6, 6.07) is 0. The van der Waals surface area contributed by atoms with Crippen molar-refractivity contribution in [3.8, 4) is 0 Å². The van der Waals surface area contributed by atoms with Crippen LogP contribution in [-0.2, 0) is 16.0 Å². The van der Waals surface area contributed by atoms with Gasteiger partial charge in [0.1, 0.15) is 5.01 Å². The van der Waals surface area contributed by atoms with Crippen molar-refractivity contribution in [2.45, 2.75) is 57.2 Å². The maximum Gasteiger partial charge on any atom is 0.227 e. The highest BCUT2D eigenvalue weighted by atomic mass is 32.1. The van der Waals surface area contributed by atoms with E-state index in [0.29, 0.717) is 11.6 Å². The summed E-state index contributed by atoms with van der Waals surface area (Å²) < 4.78 is 5.91. The number of aromatic nitrogens is 2. The highest BCUT2D eigenvalue weighted by Crippen LogP contribution is 2.35. The molecule has 3 heterocycles. The number of nitrogens with zero attached hydrogens (tertiary/aromatic N) is 3. The summed E-state index contributed by atoms with van der Waals surface area (Å²) in [6.07, 6.45) is 4.39. The van der Waals surface area contributed by atoms with Gasteiger partial charge in [0.2, 0.25) is 11.0 Å². The first kappa shape index (κ1) is 17.7. The molecular weight excluding hydrogens is 328 g/mol. The number of piperidine rings is 1. The van der Waals surface area contributed by atoms with Crippen molar-refractivity contribution in [1.29, 1.82) is 0 Å². The molecule has 3 rings (SSSR count). The molecular formula is C16H26N4O3S. The van der Waals surface area contributed by atoms with Crippen molar-refractivity contribution >= 4 is 22.4 Å². The molecule has 2 aliphatic heterocycles. The van der Waals surface area contributed by atoms with E-state index in [2.05, 4.69) is 20.4 Å². The fraction of sp³-hybridized carbons (Fsp3) is 0.812. The zero-order valence-electron chi connectivity index (χ0n) is 14.2. The number of rotatable bonds is 5. The number of amides is 1. The Morgan fingerprint density at radius 2 is 2.25 bits per heavy atom. The molecule has 2 aliphatic rings. The summed E-state index contributed by atoms with van der Waals surface area (Å²) in [6.45, 7) is 5.22. The topological polar surface area (TPSA) is 87.6 Å². The molecule has 1 amide bonds. The van der Waals surface area contributed by atoms with Gasteiger partial charge in [-0.25, -0.2) is 0 Å². The fourth-order valence-corrected chi connectivity index (χ4v) is 4.13. The zero-order chi connectivity index (χ0) is 17.0. The standard InChI is InChI=1S/C16H26N4O3S/c1-2-14-18-19-15(24-14)17-13(22)5-8-20-9-6-16(7-10-20)12(21)4-3-11-23-16/h12,21H,2-11H2,1H3,(H,17,19,22). The van der Waals surface area contributed by atoms with Gasteiger partial charge >= 0.3 is 0 Å². The van der Waals surface area contributed by atoms with Crippen LogP contribution in [0.1, 0.15) is 44.0 Å². The van der Waals surface area contributed by atoms with Crippen LogP contribution < -0.4 is 5.32 Å². The quantitative estimate of drug-likeness (QED) is 0.832. The Hall–Kier alpha value is -1.09. The molecule has 1 aromatic heterocycles. The first-order valence-electron chi connectivity index (χ1n) is 8.78. The Kier molecular flexibility index (Phi) is 5.80. The number of hydrogen-bond donors (Lipinski definition) is 2. The highest BCUT2D eigenvalue weighted by molar-refractivity contribution is 7.15. The minimum atomic E-state index is -0.347. The predicted molar refractivity (Wildman–Crippen MR) is 92.1 cm³/mol. The van der Waals surface area contributed by atoms with E-state index in [0.717, 1.165) is 63.4 Å². The Labute approximate surface area is 146 Å². The Morgan fingerprint density at radius 3 is 2.92 bits per heavy atom. The van der Waals surface area contributed by atoms with E-state index < -0.39 is 0 Å². The van der Waals surface area contributed by atoms with Gasteiger partial charge in [-0.2, -0.15) is 0 Å². The minimum absolute atomic E-state index is 0.0250. The van der Waals surface area contributed by atoms with E-state index in [1.165, 1.54) is 11.3 Å². The predicted octanol–water partition coefficient (Wildman–Crippen LogP) is 1.43. The van der Waals surface area contributed by atoms with Gasteiger partial charge in [0.25, 0.3) is 0 Å². The van der Waals surface area contributed by atoms with Gasteiger partial charge in [0, 0.05) is 32.7 Å². The second kappa shape index (κ2) is 7.86. The summed E-state index contributed by atoms with van der Waals surface area (Å²) in [7, 11) is 0. The van der Waals surface area contributed by atoms with E-state index in [4.69, 9.17) is 4.74 Å². The summed E-state index contributed by atoms with van der Waals surface area (Å²) in [4.78, 5) is 14.3. The van der Waals surface area contributed by atoms with Gasteiger partial charge in [-0.1, -0.05) is 18.3 Å². The zero-order valence-corrected chi connectivity index (χ0v) is 15.0. The van der Waals surface area contributed by atoms with Gasteiger partial charge < -0.3 is 20.1 Å². The van der Waals surface area contributed by atoms with Crippen LogP contribution in [0.4, 0.5) is 5.13 Å². The van der Waals surface area contributed by atoms with Crippen LogP contribution in [-0.4, -0.2) is 64.1 Å². The first-order chi connectivity index (χ1) is 11.6. The third-order valence-corrected chi connectivity index (χ3v) is 5.97. The maximum absolute atomic E-state index is 12.0. The normalized spacial score (nSPS) is 24.2. The van der Waals surface area contributed by atoms with Gasteiger partial charge in [0.15, 0.2) is 0 Å². The van der Waals surface area contributed by atoms with Crippen LogP contribution in [0.5, 0.6) is 0 Å². The Bertz CT molecular complexity index is 557. The molecule has 0 saturated carbocycles. The molecule has 8 heteroatoms. The number of ether oxygens (including phenoxy) is 1. The van der Waals surface area contributed by atoms with Crippen molar-refractivity contribution in [2.75, 3.05) is 31.6 Å². The lowest BCUT2D eigenvalue weighted by Gasteiger charge is -2.46. The van der Waals surface area contributed by atoms with Crippen LogP contribution in [0.2, 0.25) is 0 Å². The second-order valence-electron chi connectivity index (χ2n) is 6.57. The van der Waals surface area contributed by atoms with Crippen molar-refractivity contribution in [3.05, 3.63) is 5.01 Å². The summed E-state index contributed by atoms with van der Waals surface area (Å²) in [5, 5.41) is 22.5. The molecule has 7 nitrogen and oxygen atoms in total. The number of likely N-dealkylation sites (tertiary alicyclic amines) is 1. The summed E-state index contributed by atoms with van der Waals surface area (Å²) in [5.41, 5.74) is -0.347. The molecule has 0 aliphatic carbocycles. The lowest BCUT2D eigenvalue weighted by Crippen LogP contribution is -2.55. The van der Waals surface area contributed by atoms with Crippen LogP contribution in [0.15, 0.2) is 0 Å². The number of aliphatic hydroxyl groups is 1. The van der Waals surface area contributed by atoms with Crippen molar-refractivity contribution in [3.63, 3.8) is 0 Å². The van der Waals surface area contributed by atoms with E-state index in [1.54, 1.807) is 0 Å². The number of carbonyl (C=O) groups is 1. The van der Waals surface area contributed by atoms with Crippen molar-refractivity contribution in [1.82, 2.24) is 15.1 Å². The number of nitrogens with one attached hydrogen (secondary N) is 1. The van der Waals surface area contributed by atoms with E-state index >= 15 is 0 Å². The Morgan fingerprint density at radius 1 is 1.46 bits per heavy atom. The third-order valence-electron chi connectivity index (χ3n) is 4.99. The monoisotopic (exact) mass is 354 g/mol. The second-order valence-corrected chi connectivity index (χ2v) is 7.63. The summed E-state index contributed by atoms with van der Waals surface area (Å²) >= 11 is 1.43. The van der Waals surface area contributed by atoms with Gasteiger partial charge in [0.05, 0.1) is 11.7 Å². The number of aryl methyl sites for hydroxylation is 1. The molecule has 2 fully saturated rings. The Balaban J connectivity index is 1.40. The molecule has 1 aromatic rings.